The first kappa shape index (κ1) is 20.9. The van der Waals surface area contributed by atoms with E-state index < -0.39 is 17.5 Å². The molecular weight excluding hydrogens is 392 g/mol. The van der Waals surface area contributed by atoms with Gasteiger partial charge in [-0.3, -0.25) is 9.59 Å². The van der Waals surface area contributed by atoms with Gasteiger partial charge in [0.15, 0.2) is 17.3 Å². The third kappa shape index (κ3) is 4.43. The van der Waals surface area contributed by atoms with E-state index in [9.17, 15) is 18.4 Å². The molecule has 154 valence electrons. The molecule has 0 bridgehead atoms. The lowest BCUT2D eigenvalue weighted by molar-refractivity contribution is -0.111. The number of aryl methyl sites for hydroxylation is 2. The van der Waals surface area contributed by atoms with E-state index in [1.165, 1.54) is 22.9 Å². The Balaban J connectivity index is 2.15. The topological polar surface area (TPSA) is 73.2 Å². The highest BCUT2D eigenvalue weighted by Crippen LogP contribution is 2.35. The fourth-order valence-electron chi connectivity index (χ4n) is 2.85. The highest BCUT2D eigenvalue weighted by molar-refractivity contribution is 5.98. The summed E-state index contributed by atoms with van der Waals surface area (Å²) in [6.45, 7) is 5.25. The predicted octanol–water partition coefficient (Wildman–Crippen LogP) is 4.20. The number of nitrogens with zero attached hydrogens (tertiary/aromatic N) is 2. The van der Waals surface area contributed by atoms with Crippen LogP contribution in [0.2, 0.25) is 0 Å². The van der Waals surface area contributed by atoms with Crippen LogP contribution in [0.5, 0.6) is 11.5 Å². The Morgan fingerprint density at radius 1 is 1.27 bits per heavy atom. The number of aromatic nitrogens is 2. The van der Waals surface area contributed by atoms with Gasteiger partial charge >= 0.3 is 0 Å². The van der Waals surface area contributed by atoms with Crippen molar-refractivity contribution in [3.05, 3.63) is 82.9 Å². The summed E-state index contributed by atoms with van der Waals surface area (Å²) in [7, 11) is 1.62. The van der Waals surface area contributed by atoms with Gasteiger partial charge in [0.1, 0.15) is 11.6 Å². The number of hydrogen-bond acceptors (Lipinski definition) is 4. The summed E-state index contributed by atoms with van der Waals surface area (Å²) in [6, 6.07) is 6.19. The lowest BCUT2D eigenvalue weighted by atomic mass is 10.0. The zero-order chi connectivity index (χ0) is 21.8. The van der Waals surface area contributed by atoms with Gasteiger partial charge in [0.25, 0.3) is 5.56 Å². The van der Waals surface area contributed by atoms with Crippen LogP contribution in [-0.2, 0) is 18.3 Å². The van der Waals surface area contributed by atoms with Gasteiger partial charge in [-0.2, -0.15) is 0 Å². The van der Waals surface area contributed by atoms with Crippen LogP contribution in [0.25, 0.3) is 11.1 Å². The van der Waals surface area contributed by atoms with E-state index >= 15 is 0 Å². The van der Waals surface area contributed by atoms with E-state index in [0.29, 0.717) is 29.2 Å². The van der Waals surface area contributed by atoms with Gasteiger partial charge in [-0.05, 0) is 36.8 Å². The molecule has 0 unspecified atom stereocenters. The highest BCUT2D eigenvalue weighted by atomic mass is 19.1. The standard InChI is InChI=1S/C22H19F2N3O3/c1-4-13-8-14(12-27(3)22(13)29)16-10-20(26-21(28)5-2)25-11-19(16)30-18-7-6-15(23)9-17(18)24/h5-12H,2,4H2,1,3H3,(H,25,26,28). The average molecular weight is 411 g/mol. The summed E-state index contributed by atoms with van der Waals surface area (Å²) in [4.78, 5) is 28.0. The maximum atomic E-state index is 14.1. The Morgan fingerprint density at radius 3 is 2.70 bits per heavy atom. The number of amides is 1. The average Bonchev–Trinajstić information content (AvgIpc) is 2.72. The summed E-state index contributed by atoms with van der Waals surface area (Å²) < 4.78 is 34.4. The van der Waals surface area contributed by atoms with Crippen LogP contribution in [0.3, 0.4) is 0 Å². The molecule has 0 saturated carbocycles. The Bertz CT molecular complexity index is 1190. The molecule has 2 heterocycles. The van der Waals surface area contributed by atoms with Crippen molar-refractivity contribution in [2.24, 2.45) is 7.05 Å². The van der Waals surface area contributed by atoms with Gasteiger partial charge in [0, 0.05) is 36.0 Å². The summed E-state index contributed by atoms with van der Waals surface area (Å²) in [6.07, 6.45) is 4.52. The molecule has 0 saturated heterocycles. The molecule has 0 aliphatic heterocycles. The molecule has 0 spiro atoms. The highest BCUT2D eigenvalue weighted by Gasteiger charge is 2.15. The van der Waals surface area contributed by atoms with Crippen molar-refractivity contribution >= 4 is 11.7 Å². The maximum absolute atomic E-state index is 14.1. The van der Waals surface area contributed by atoms with Crippen molar-refractivity contribution in [3.63, 3.8) is 0 Å². The largest absolute Gasteiger partial charge is 0.452 e. The van der Waals surface area contributed by atoms with Crippen molar-refractivity contribution in [1.29, 1.82) is 0 Å². The maximum Gasteiger partial charge on any atom is 0.253 e. The molecule has 1 N–H and O–H groups in total. The van der Waals surface area contributed by atoms with E-state index in [1.807, 2.05) is 6.92 Å². The van der Waals surface area contributed by atoms with Crippen molar-refractivity contribution in [1.82, 2.24) is 9.55 Å². The number of carbonyl (C=O) groups is 1. The minimum atomic E-state index is -0.875. The first-order chi connectivity index (χ1) is 14.3. The summed E-state index contributed by atoms with van der Waals surface area (Å²) in [5, 5.41) is 2.55. The number of nitrogens with one attached hydrogen (secondary N) is 1. The van der Waals surface area contributed by atoms with Crippen molar-refractivity contribution in [3.8, 4) is 22.6 Å². The van der Waals surface area contributed by atoms with Gasteiger partial charge in [-0.25, -0.2) is 13.8 Å². The molecule has 3 aromatic rings. The van der Waals surface area contributed by atoms with Gasteiger partial charge in [0.05, 0.1) is 6.20 Å². The fraction of sp³-hybridized carbons (Fsp3) is 0.136. The van der Waals surface area contributed by atoms with E-state index in [-0.39, 0.29) is 22.9 Å². The Kier molecular flexibility index (Phi) is 6.06. The molecular formula is C22H19F2N3O3. The second-order valence-electron chi connectivity index (χ2n) is 6.46. The summed E-state index contributed by atoms with van der Waals surface area (Å²) >= 11 is 0. The van der Waals surface area contributed by atoms with E-state index in [2.05, 4.69) is 16.9 Å². The molecule has 0 atom stereocenters. The van der Waals surface area contributed by atoms with Crippen LogP contribution in [-0.4, -0.2) is 15.5 Å². The van der Waals surface area contributed by atoms with E-state index in [4.69, 9.17) is 4.74 Å². The summed E-state index contributed by atoms with van der Waals surface area (Å²) in [5.41, 5.74) is 1.49. The third-order valence-corrected chi connectivity index (χ3v) is 4.37. The monoisotopic (exact) mass is 411 g/mol. The van der Waals surface area contributed by atoms with Crippen LogP contribution in [0.15, 0.2) is 60.2 Å². The lowest BCUT2D eigenvalue weighted by Crippen LogP contribution is -2.20. The second kappa shape index (κ2) is 8.69. The molecule has 1 aromatic carbocycles. The van der Waals surface area contributed by atoms with Gasteiger partial charge < -0.3 is 14.6 Å². The molecule has 8 heteroatoms. The number of pyridine rings is 2. The zero-order valence-electron chi connectivity index (χ0n) is 16.4. The molecule has 30 heavy (non-hydrogen) atoms. The number of halogens is 2. The Hall–Kier alpha value is -3.81. The Morgan fingerprint density at radius 2 is 2.03 bits per heavy atom. The lowest BCUT2D eigenvalue weighted by Gasteiger charge is -2.15. The zero-order valence-corrected chi connectivity index (χ0v) is 16.4. The number of anilines is 1. The molecule has 6 nitrogen and oxygen atoms in total. The molecule has 0 fully saturated rings. The smallest absolute Gasteiger partial charge is 0.253 e. The number of carbonyl (C=O) groups excluding carboxylic acids is 1. The molecule has 0 aliphatic carbocycles. The molecule has 3 rings (SSSR count). The fourth-order valence-corrected chi connectivity index (χ4v) is 2.85. The van der Waals surface area contributed by atoms with Crippen molar-refractivity contribution in [2.75, 3.05) is 5.32 Å². The first-order valence-corrected chi connectivity index (χ1v) is 9.08. The van der Waals surface area contributed by atoms with Gasteiger partial charge in [-0.1, -0.05) is 13.5 Å². The first-order valence-electron chi connectivity index (χ1n) is 9.08. The second-order valence-corrected chi connectivity index (χ2v) is 6.46. The minimum Gasteiger partial charge on any atom is -0.452 e. The normalized spacial score (nSPS) is 10.5. The number of benzene rings is 1. The van der Waals surface area contributed by atoms with Gasteiger partial charge in [0.2, 0.25) is 5.91 Å². The molecule has 0 radical (unpaired) electrons. The van der Waals surface area contributed by atoms with Crippen molar-refractivity contribution < 1.29 is 18.3 Å². The number of hydrogen-bond donors (Lipinski definition) is 1. The quantitative estimate of drug-likeness (QED) is 0.617. The van der Waals surface area contributed by atoms with Crippen LogP contribution in [0, 0.1) is 11.6 Å². The van der Waals surface area contributed by atoms with Crippen LogP contribution >= 0.6 is 0 Å². The molecule has 2 aromatic heterocycles. The Labute approximate surface area is 171 Å². The van der Waals surface area contributed by atoms with Gasteiger partial charge in [-0.15, -0.1) is 0 Å². The predicted molar refractivity (Wildman–Crippen MR) is 110 cm³/mol. The SMILES string of the molecule is C=CC(=O)Nc1cc(-c2cc(CC)c(=O)n(C)c2)c(Oc2ccc(F)cc2F)cn1. The molecule has 1 amide bonds. The van der Waals surface area contributed by atoms with Crippen LogP contribution < -0.4 is 15.6 Å². The van der Waals surface area contributed by atoms with E-state index in [1.54, 1.807) is 19.3 Å². The minimum absolute atomic E-state index is 0.137. The van der Waals surface area contributed by atoms with Crippen LogP contribution in [0.1, 0.15) is 12.5 Å². The molecule has 0 aliphatic rings. The van der Waals surface area contributed by atoms with Crippen LogP contribution in [0.4, 0.5) is 14.6 Å². The number of ether oxygens (including phenoxy) is 1. The van der Waals surface area contributed by atoms with E-state index in [0.717, 1.165) is 12.1 Å². The summed E-state index contributed by atoms with van der Waals surface area (Å²) in [5.74, 6) is -1.87. The van der Waals surface area contributed by atoms with Crippen molar-refractivity contribution in [2.45, 2.75) is 13.3 Å². The number of rotatable bonds is 6. The third-order valence-electron chi connectivity index (χ3n) is 4.37.